The SMILES string of the molecule is CCc1cc(C(=O)OC)c(=O)[nH]c1-c1ccc2nc(N(C)C)oc2c1. The van der Waals surface area contributed by atoms with Gasteiger partial charge in [0.05, 0.1) is 12.8 Å². The predicted octanol–water partition coefficient (Wildman–Crippen LogP) is 2.60. The van der Waals surface area contributed by atoms with Crippen molar-refractivity contribution >= 4 is 23.1 Å². The highest BCUT2D eigenvalue weighted by molar-refractivity contribution is 5.90. The zero-order valence-electron chi connectivity index (χ0n) is 14.5. The Bertz CT molecular complexity index is 1000. The first-order valence-electron chi connectivity index (χ1n) is 7.87. The number of carbonyl (C=O) groups is 1. The number of aryl methyl sites for hydroxylation is 1. The number of oxazole rings is 1. The predicted molar refractivity (Wildman–Crippen MR) is 95.1 cm³/mol. The molecule has 130 valence electrons. The van der Waals surface area contributed by atoms with E-state index in [0.717, 1.165) is 16.6 Å². The van der Waals surface area contributed by atoms with Crippen LogP contribution in [0.3, 0.4) is 0 Å². The van der Waals surface area contributed by atoms with E-state index in [0.29, 0.717) is 23.7 Å². The zero-order valence-corrected chi connectivity index (χ0v) is 14.5. The van der Waals surface area contributed by atoms with Crippen LogP contribution < -0.4 is 10.5 Å². The topological polar surface area (TPSA) is 88.4 Å². The van der Waals surface area contributed by atoms with Gasteiger partial charge >= 0.3 is 5.97 Å². The van der Waals surface area contributed by atoms with E-state index in [4.69, 9.17) is 4.42 Å². The van der Waals surface area contributed by atoms with Crippen LogP contribution in [0.25, 0.3) is 22.4 Å². The van der Waals surface area contributed by atoms with E-state index in [2.05, 4.69) is 14.7 Å². The molecule has 0 amide bonds. The van der Waals surface area contributed by atoms with E-state index in [9.17, 15) is 9.59 Å². The van der Waals surface area contributed by atoms with Crippen molar-refractivity contribution in [1.82, 2.24) is 9.97 Å². The van der Waals surface area contributed by atoms with Gasteiger partial charge in [0.2, 0.25) is 0 Å². The van der Waals surface area contributed by atoms with Crippen LogP contribution in [0.2, 0.25) is 0 Å². The number of carbonyl (C=O) groups excluding carboxylic acids is 1. The molecule has 0 unspecified atom stereocenters. The Balaban J connectivity index is 2.15. The number of esters is 1. The number of ether oxygens (including phenoxy) is 1. The number of fused-ring (bicyclic) bond motifs is 1. The summed E-state index contributed by atoms with van der Waals surface area (Å²) in [6.07, 6.45) is 0.646. The van der Waals surface area contributed by atoms with Gasteiger partial charge in [-0.15, -0.1) is 0 Å². The molecule has 0 radical (unpaired) electrons. The molecule has 0 saturated carbocycles. The Morgan fingerprint density at radius 3 is 2.72 bits per heavy atom. The molecule has 3 rings (SSSR count). The van der Waals surface area contributed by atoms with Crippen LogP contribution in [-0.4, -0.2) is 37.1 Å². The lowest BCUT2D eigenvalue weighted by Gasteiger charge is -2.09. The molecule has 7 nitrogen and oxygen atoms in total. The third-order valence-electron chi connectivity index (χ3n) is 3.96. The van der Waals surface area contributed by atoms with E-state index in [1.54, 1.807) is 11.0 Å². The quantitative estimate of drug-likeness (QED) is 0.734. The maximum Gasteiger partial charge on any atom is 0.343 e. The Morgan fingerprint density at radius 2 is 2.08 bits per heavy atom. The lowest BCUT2D eigenvalue weighted by Crippen LogP contribution is -2.20. The van der Waals surface area contributed by atoms with Crippen molar-refractivity contribution in [1.29, 1.82) is 0 Å². The molecule has 0 aliphatic rings. The largest absolute Gasteiger partial charge is 0.465 e. The smallest absolute Gasteiger partial charge is 0.343 e. The number of H-pyrrole nitrogens is 1. The summed E-state index contributed by atoms with van der Waals surface area (Å²) in [5.41, 5.74) is 3.17. The lowest BCUT2D eigenvalue weighted by atomic mass is 10.0. The number of hydrogen-bond acceptors (Lipinski definition) is 6. The number of methoxy groups -OCH3 is 1. The van der Waals surface area contributed by atoms with Crippen LogP contribution in [0.4, 0.5) is 6.01 Å². The normalized spacial score (nSPS) is 10.9. The third kappa shape index (κ3) is 3.00. The highest BCUT2D eigenvalue weighted by atomic mass is 16.5. The lowest BCUT2D eigenvalue weighted by molar-refractivity contribution is 0.0598. The van der Waals surface area contributed by atoms with Gasteiger partial charge in [0.15, 0.2) is 5.58 Å². The third-order valence-corrected chi connectivity index (χ3v) is 3.96. The Hall–Kier alpha value is -3.09. The van der Waals surface area contributed by atoms with Crippen molar-refractivity contribution in [2.75, 3.05) is 26.1 Å². The maximum absolute atomic E-state index is 12.2. The van der Waals surface area contributed by atoms with Crippen molar-refractivity contribution in [3.05, 3.63) is 45.7 Å². The van der Waals surface area contributed by atoms with Crippen molar-refractivity contribution < 1.29 is 13.9 Å². The first kappa shape index (κ1) is 16.8. The molecule has 0 atom stereocenters. The maximum atomic E-state index is 12.2. The van der Waals surface area contributed by atoms with E-state index in [1.807, 2.05) is 39.2 Å². The second kappa shape index (κ2) is 6.43. The molecule has 2 aromatic heterocycles. The Kier molecular flexibility index (Phi) is 4.31. The van der Waals surface area contributed by atoms with E-state index >= 15 is 0 Å². The van der Waals surface area contributed by atoms with Crippen LogP contribution in [0.15, 0.2) is 33.5 Å². The molecule has 25 heavy (non-hydrogen) atoms. The van der Waals surface area contributed by atoms with Gasteiger partial charge in [0, 0.05) is 19.7 Å². The standard InChI is InChI=1S/C18H19N3O4/c1-5-10-8-12(17(23)24-4)16(22)20-15(10)11-6-7-13-14(9-11)25-18(19-13)21(2)3/h6-9H,5H2,1-4H3,(H,20,22). The monoisotopic (exact) mass is 341 g/mol. The molecule has 0 aliphatic heterocycles. The Morgan fingerprint density at radius 1 is 1.32 bits per heavy atom. The average molecular weight is 341 g/mol. The summed E-state index contributed by atoms with van der Waals surface area (Å²) < 4.78 is 10.4. The average Bonchev–Trinajstić information content (AvgIpc) is 3.04. The van der Waals surface area contributed by atoms with Gasteiger partial charge in [0.25, 0.3) is 11.6 Å². The highest BCUT2D eigenvalue weighted by Crippen LogP contribution is 2.28. The van der Waals surface area contributed by atoms with Crippen molar-refractivity contribution in [2.45, 2.75) is 13.3 Å². The van der Waals surface area contributed by atoms with Crippen LogP contribution in [0, 0.1) is 0 Å². The molecule has 0 saturated heterocycles. The van der Waals surface area contributed by atoms with Gasteiger partial charge in [-0.25, -0.2) is 4.79 Å². The van der Waals surface area contributed by atoms with Gasteiger partial charge in [-0.1, -0.05) is 13.0 Å². The number of benzene rings is 1. The minimum atomic E-state index is -0.649. The van der Waals surface area contributed by atoms with Gasteiger partial charge < -0.3 is 19.0 Å². The summed E-state index contributed by atoms with van der Waals surface area (Å²) in [5.74, 6) is -0.649. The fourth-order valence-corrected chi connectivity index (χ4v) is 2.63. The van der Waals surface area contributed by atoms with E-state index < -0.39 is 11.5 Å². The summed E-state index contributed by atoms with van der Waals surface area (Å²) in [7, 11) is 4.95. The number of aromatic nitrogens is 2. The first-order chi connectivity index (χ1) is 11.9. The fourth-order valence-electron chi connectivity index (χ4n) is 2.63. The summed E-state index contributed by atoms with van der Waals surface area (Å²) >= 11 is 0. The molecule has 0 fully saturated rings. The molecule has 7 heteroatoms. The molecule has 1 aromatic carbocycles. The number of nitrogens with zero attached hydrogens (tertiary/aromatic N) is 2. The molecule has 0 aliphatic carbocycles. The minimum absolute atomic E-state index is 0.00117. The van der Waals surface area contributed by atoms with Crippen molar-refractivity contribution in [3.8, 4) is 11.3 Å². The van der Waals surface area contributed by atoms with Gasteiger partial charge in [-0.2, -0.15) is 4.98 Å². The molecule has 3 aromatic rings. The molecular weight excluding hydrogens is 322 g/mol. The van der Waals surface area contributed by atoms with Crippen molar-refractivity contribution in [3.63, 3.8) is 0 Å². The highest BCUT2D eigenvalue weighted by Gasteiger charge is 2.16. The molecule has 0 bridgehead atoms. The number of hydrogen-bond donors (Lipinski definition) is 1. The molecular formula is C18H19N3O4. The summed E-state index contributed by atoms with van der Waals surface area (Å²) in [6.45, 7) is 1.95. The van der Waals surface area contributed by atoms with E-state index in [1.165, 1.54) is 7.11 Å². The van der Waals surface area contributed by atoms with Crippen LogP contribution >= 0.6 is 0 Å². The van der Waals surface area contributed by atoms with Crippen molar-refractivity contribution in [2.24, 2.45) is 0 Å². The van der Waals surface area contributed by atoms with Crippen LogP contribution in [0.1, 0.15) is 22.8 Å². The second-order valence-electron chi connectivity index (χ2n) is 5.83. The molecule has 2 heterocycles. The molecule has 1 N–H and O–H groups in total. The number of aromatic amines is 1. The van der Waals surface area contributed by atoms with Gasteiger partial charge in [-0.05, 0) is 30.2 Å². The Labute approximate surface area is 144 Å². The zero-order chi connectivity index (χ0) is 18.1. The minimum Gasteiger partial charge on any atom is -0.465 e. The summed E-state index contributed by atoms with van der Waals surface area (Å²) in [4.78, 5) is 32.9. The van der Waals surface area contributed by atoms with Gasteiger partial charge in [-0.3, -0.25) is 4.79 Å². The second-order valence-corrected chi connectivity index (χ2v) is 5.83. The summed E-state index contributed by atoms with van der Waals surface area (Å²) in [6, 6.07) is 7.63. The van der Waals surface area contributed by atoms with E-state index in [-0.39, 0.29) is 5.56 Å². The summed E-state index contributed by atoms with van der Waals surface area (Å²) in [5, 5.41) is 0. The van der Waals surface area contributed by atoms with Gasteiger partial charge in [0.1, 0.15) is 11.1 Å². The number of anilines is 1. The number of nitrogens with one attached hydrogen (secondary N) is 1. The van der Waals surface area contributed by atoms with Crippen LogP contribution in [0.5, 0.6) is 0 Å². The number of pyridine rings is 1. The van der Waals surface area contributed by atoms with Crippen LogP contribution in [-0.2, 0) is 11.2 Å². The fraction of sp³-hybridized carbons (Fsp3) is 0.278. The number of rotatable bonds is 4. The first-order valence-corrected chi connectivity index (χ1v) is 7.87. The molecule has 0 spiro atoms.